The quantitative estimate of drug-likeness (QED) is 0.625. The molecule has 1 unspecified atom stereocenters. The number of rotatable bonds is 5. The Kier molecular flexibility index (Phi) is 6.03. The van der Waals surface area contributed by atoms with Gasteiger partial charge in [0.1, 0.15) is 5.82 Å². The van der Waals surface area contributed by atoms with E-state index in [4.69, 9.17) is 0 Å². The van der Waals surface area contributed by atoms with E-state index < -0.39 is 5.24 Å². The third kappa shape index (κ3) is 4.48. The molecule has 1 fully saturated rings. The van der Waals surface area contributed by atoms with Gasteiger partial charge in [-0.25, -0.2) is 9.97 Å². The third-order valence-electron chi connectivity index (χ3n) is 4.86. The first kappa shape index (κ1) is 20.0. The molecule has 1 atom stereocenters. The highest BCUT2D eigenvalue weighted by Gasteiger charge is 2.26. The topological polar surface area (TPSA) is 105 Å². The number of fused-ring (bicyclic) bond motifs is 1. The number of nitrogens with zero attached hydrogens (tertiary/aromatic N) is 6. The van der Waals surface area contributed by atoms with Crippen LogP contribution in [0.3, 0.4) is 0 Å². The largest absolute Gasteiger partial charge is 0.340 e. The van der Waals surface area contributed by atoms with Crippen molar-refractivity contribution in [2.24, 2.45) is 0 Å². The van der Waals surface area contributed by atoms with Gasteiger partial charge in [0.2, 0.25) is 12.4 Å². The predicted molar refractivity (Wildman–Crippen MR) is 115 cm³/mol. The molecule has 0 radical (unpaired) electrons. The summed E-state index contributed by atoms with van der Waals surface area (Å²) in [5.74, 6) is 1.85. The number of anilines is 1. The van der Waals surface area contributed by atoms with E-state index in [2.05, 4.69) is 30.4 Å². The van der Waals surface area contributed by atoms with Crippen molar-refractivity contribution < 1.29 is 9.59 Å². The Bertz CT molecular complexity index is 1100. The molecule has 1 saturated heterocycles. The van der Waals surface area contributed by atoms with Crippen LogP contribution in [-0.2, 0) is 4.79 Å². The molecular weight excluding hydrogens is 402 g/mol. The average molecular weight is 424 g/mol. The Morgan fingerprint density at radius 3 is 3.07 bits per heavy atom. The smallest absolute Gasteiger partial charge is 0.289 e. The number of nitrogens with one attached hydrogen (secondary N) is 1. The second kappa shape index (κ2) is 9.04. The number of thioether (sulfide) groups is 1. The van der Waals surface area contributed by atoms with Crippen molar-refractivity contribution in [3.05, 3.63) is 53.1 Å². The van der Waals surface area contributed by atoms with E-state index in [1.807, 2.05) is 28.8 Å². The molecule has 10 heteroatoms. The minimum absolute atomic E-state index is 0.239. The maximum Gasteiger partial charge on any atom is 0.289 e. The summed E-state index contributed by atoms with van der Waals surface area (Å²) in [5.41, 5.74) is 1.55. The van der Waals surface area contributed by atoms with Crippen LogP contribution in [0.5, 0.6) is 0 Å². The van der Waals surface area contributed by atoms with Crippen molar-refractivity contribution in [2.45, 2.75) is 25.7 Å². The highest BCUT2D eigenvalue weighted by molar-refractivity contribution is 8.17. The van der Waals surface area contributed by atoms with Gasteiger partial charge in [-0.2, -0.15) is 0 Å². The van der Waals surface area contributed by atoms with Crippen LogP contribution >= 0.6 is 11.8 Å². The van der Waals surface area contributed by atoms with E-state index in [1.54, 1.807) is 25.3 Å². The van der Waals surface area contributed by atoms with Gasteiger partial charge in [-0.1, -0.05) is 6.07 Å². The number of allylic oxidation sites excluding steroid dienone is 1. The van der Waals surface area contributed by atoms with Crippen LogP contribution in [0.15, 0.2) is 41.6 Å². The van der Waals surface area contributed by atoms with Gasteiger partial charge in [-0.15, -0.1) is 10.2 Å². The van der Waals surface area contributed by atoms with Gasteiger partial charge in [0.05, 0.1) is 5.69 Å². The fraction of sp³-hybridized carbons (Fsp3) is 0.300. The molecule has 0 aliphatic carbocycles. The Morgan fingerprint density at radius 1 is 1.30 bits per heavy atom. The van der Waals surface area contributed by atoms with Gasteiger partial charge >= 0.3 is 0 Å². The van der Waals surface area contributed by atoms with E-state index in [0.717, 1.165) is 54.1 Å². The zero-order valence-corrected chi connectivity index (χ0v) is 17.2. The number of piperidine rings is 1. The Morgan fingerprint density at radius 2 is 2.20 bits per heavy atom. The van der Waals surface area contributed by atoms with Crippen molar-refractivity contribution in [1.29, 1.82) is 0 Å². The zero-order chi connectivity index (χ0) is 20.9. The normalized spacial score (nSPS) is 17.2. The van der Waals surface area contributed by atoms with Crippen molar-refractivity contribution in [1.82, 2.24) is 29.9 Å². The highest BCUT2D eigenvalue weighted by Crippen LogP contribution is 2.28. The molecule has 0 spiro atoms. The Hall–Kier alpha value is -3.27. The van der Waals surface area contributed by atoms with Crippen molar-refractivity contribution in [2.75, 3.05) is 18.0 Å². The number of imide groups is 1. The van der Waals surface area contributed by atoms with Crippen LogP contribution in [0.25, 0.3) is 11.7 Å². The van der Waals surface area contributed by atoms with E-state index >= 15 is 0 Å². The van der Waals surface area contributed by atoms with E-state index in [1.165, 1.54) is 0 Å². The number of hydrogen-bond donors (Lipinski definition) is 1. The lowest BCUT2D eigenvalue weighted by molar-refractivity contribution is -0.108. The summed E-state index contributed by atoms with van der Waals surface area (Å²) in [6, 6.07) is 7.68. The SMILES string of the molecule is C/C(=C/c1ccnc(N2CCCC(c3nnc4ccccn34)C2)n1)SC(=O)NC=O. The molecular formula is C20H21N7O2S. The van der Waals surface area contributed by atoms with Crippen molar-refractivity contribution >= 4 is 41.1 Å². The summed E-state index contributed by atoms with van der Waals surface area (Å²) < 4.78 is 2.04. The average Bonchev–Trinajstić information content (AvgIpc) is 3.18. The fourth-order valence-corrected chi connectivity index (χ4v) is 4.14. The van der Waals surface area contributed by atoms with Gasteiger partial charge in [0, 0.05) is 31.4 Å². The number of hydrogen-bond acceptors (Lipinski definition) is 8. The highest BCUT2D eigenvalue weighted by atomic mass is 32.2. The zero-order valence-electron chi connectivity index (χ0n) is 16.4. The minimum Gasteiger partial charge on any atom is -0.340 e. The van der Waals surface area contributed by atoms with Crippen LogP contribution in [0.2, 0.25) is 0 Å². The van der Waals surface area contributed by atoms with Crippen molar-refractivity contribution in [3.8, 4) is 0 Å². The first-order valence-electron chi connectivity index (χ1n) is 9.62. The lowest BCUT2D eigenvalue weighted by atomic mass is 9.97. The molecule has 3 aromatic rings. The molecule has 0 saturated carbocycles. The molecule has 4 rings (SSSR count). The maximum absolute atomic E-state index is 11.5. The summed E-state index contributed by atoms with van der Waals surface area (Å²) in [4.78, 5) is 33.9. The van der Waals surface area contributed by atoms with Crippen LogP contribution in [0.1, 0.15) is 37.2 Å². The molecule has 3 aromatic heterocycles. The van der Waals surface area contributed by atoms with Gasteiger partial charge in [0.25, 0.3) is 5.24 Å². The molecule has 0 bridgehead atoms. The summed E-state index contributed by atoms with van der Waals surface area (Å²) in [6.07, 6.45) is 7.93. The van der Waals surface area contributed by atoms with Crippen molar-refractivity contribution in [3.63, 3.8) is 0 Å². The molecule has 0 aromatic carbocycles. The standard InChI is InChI=1S/C20H21N7O2S/c1-14(30-20(29)22-13-28)11-16-7-8-21-19(23-16)26-9-4-5-15(12-26)18-25-24-17-6-2-3-10-27(17)18/h2-3,6-8,10-11,13,15H,4-5,9,12H2,1H3,(H,22,28,29)/b14-11-. The molecule has 1 aliphatic heterocycles. The Labute approximate surface area is 177 Å². The third-order valence-corrected chi connectivity index (χ3v) is 5.60. The molecule has 154 valence electrons. The van der Waals surface area contributed by atoms with Crippen LogP contribution < -0.4 is 10.2 Å². The van der Waals surface area contributed by atoms with Gasteiger partial charge < -0.3 is 4.90 Å². The first-order valence-corrected chi connectivity index (χ1v) is 10.4. The number of pyridine rings is 1. The van der Waals surface area contributed by atoms with Gasteiger partial charge in [-0.3, -0.25) is 19.3 Å². The number of amides is 2. The Balaban J connectivity index is 1.51. The van der Waals surface area contributed by atoms with E-state index in [-0.39, 0.29) is 5.92 Å². The van der Waals surface area contributed by atoms with Gasteiger partial charge in [-0.05, 0) is 60.7 Å². The lowest BCUT2D eigenvalue weighted by Gasteiger charge is -2.32. The second-order valence-corrected chi connectivity index (χ2v) is 8.18. The maximum atomic E-state index is 11.5. The minimum atomic E-state index is -0.424. The summed E-state index contributed by atoms with van der Waals surface area (Å²) in [7, 11) is 0. The second-order valence-electron chi connectivity index (χ2n) is 6.96. The monoisotopic (exact) mass is 423 g/mol. The number of carbonyl (C=O) groups is 2. The molecule has 4 heterocycles. The lowest BCUT2D eigenvalue weighted by Crippen LogP contribution is -2.36. The van der Waals surface area contributed by atoms with Crippen LogP contribution in [0.4, 0.5) is 10.7 Å². The predicted octanol–water partition coefficient (Wildman–Crippen LogP) is 2.86. The molecule has 2 amide bonds. The molecule has 9 nitrogen and oxygen atoms in total. The molecule has 30 heavy (non-hydrogen) atoms. The van der Waals surface area contributed by atoms with Gasteiger partial charge in [0.15, 0.2) is 5.65 Å². The van der Waals surface area contributed by atoms with E-state index in [0.29, 0.717) is 18.1 Å². The van der Waals surface area contributed by atoms with Crippen LogP contribution in [-0.4, -0.2) is 49.3 Å². The summed E-state index contributed by atoms with van der Waals surface area (Å²) >= 11 is 0.948. The summed E-state index contributed by atoms with van der Waals surface area (Å²) in [6.45, 7) is 3.43. The van der Waals surface area contributed by atoms with Crippen LogP contribution in [0, 0.1) is 0 Å². The summed E-state index contributed by atoms with van der Waals surface area (Å²) in [5, 5.41) is 10.4. The molecule has 1 N–H and O–H groups in total. The molecule has 1 aliphatic rings. The first-order chi connectivity index (χ1) is 14.6. The number of carbonyl (C=O) groups excluding carboxylic acids is 2. The fourth-order valence-electron chi connectivity index (χ4n) is 3.56. The number of aromatic nitrogens is 5. The van der Waals surface area contributed by atoms with E-state index in [9.17, 15) is 9.59 Å².